The van der Waals surface area contributed by atoms with Crippen LogP contribution in [0.15, 0.2) is 0 Å². The first-order chi connectivity index (χ1) is 9.47. The molecular formula is C14H26N2O4. The van der Waals surface area contributed by atoms with Gasteiger partial charge in [-0.25, -0.2) is 4.79 Å². The Labute approximate surface area is 120 Å². The fraction of sp³-hybridized carbons (Fsp3) is 0.857. The molecule has 116 valence electrons. The third-order valence-corrected chi connectivity index (χ3v) is 3.91. The molecule has 0 saturated carbocycles. The van der Waals surface area contributed by atoms with E-state index in [9.17, 15) is 14.7 Å². The molecule has 2 unspecified atom stereocenters. The summed E-state index contributed by atoms with van der Waals surface area (Å²) in [7, 11) is 1.33. The normalized spacial score (nSPS) is 20.2. The zero-order chi connectivity index (χ0) is 15.1. The lowest BCUT2D eigenvalue weighted by Crippen LogP contribution is -2.50. The largest absolute Gasteiger partial charge is 0.467 e. The number of carbonyl (C=O) groups excluding carboxylic acids is 2. The third kappa shape index (κ3) is 5.09. The molecule has 1 saturated heterocycles. The molecular weight excluding hydrogens is 260 g/mol. The smallest absolute Gasteiger partial charge is 0.328 e. The molecule has 2 N–H and O–H groups in total. The summed E-state index contributed by atoms with van der Waals surface area (Å²) in [6, 6.07) is -0.590. The molecule has 6 nitrogen and oxygen atoms in total. The Balaban J connectivity index is 2.47. The van der Waals surface area contributed by atoms with E-state index in [-0.39, 0.29) is 24.5 Å². The fourth-order valence-corrected chi connectivity index (χ4v) is 2.30. The molecule has 1 amide bonds. The summed E-state index contributed by atoms with van der Waals surface area (Å²) >= 11 is 0. The van der Waals surface area contributed by atoms with Crippen molar-refractivity contribution in [3.63, 3.8) is 0 Å². The second-order valence-electron chi connectivity index (χ2n) is 5.46. The van der Waals surface area contributed by atoms with Crippen molar-refractivity contribution in [3.8, 4) is 0 Å². The number of rotatable bonds is 6. The number of aliphatic hydroxyl groups is 1. The van der Waals surface area contributed by atoms with E-state index in [1.165, 1.54) is 7.11 Å². The van der Waals surface area contributed by atoms with Gasteiger partial charge in [-0.2, -0.15) is 0 Å². The quantitative estimate of drug-likeness (QED) is 0.679. The molecule has 0 aromatic carbocycles. The highest BCUT2D eigenvalue weighted by Gasteiger charge is 2.27. The summed E-state index contributed by atoms with van der Waals surface area (Å²) in [6.45, 7) is 5.57. The monoisotopic (exact) mass is 286 g/mol. The average molecular weight is 286 g/mol. The molecule has 1 fully saturated rings. The number of nitrogens with zero attached hydrogens (tertiary/aromatic N) is 1. The molecule has 0 aliphatic carbocycles. The van der Waals surface area contributed by atoms with Crippen molar-refractivity contribution in [2.45, 2.75) is 45.3 Å². The zero-order valence-corrected chi connectivity index (χ0v) is 12.6. The van der Waals surface area contributed by atoms with E-state index in [0.717, 1.165) is 6.42 Å². The van der Waals surface area contributed by atoms with Gasteiger partial charge in [-0.05, 0) is 18.8 Å². The summed E-state index contributed by atoms with van der Waals surface area (Å²) in [5.74, 6) is -0.534. The van der Waals surface area contributed by atoms with Crippen LogP contribution in [0.3, 0.4) is 0 Å². The molecule has 0 aromatic heterocycles. The van der Waals surface area contributed by atoms with Crippen LogP contribution in [0.25, 0.3) is 0 Å². The number of hydrogen-bond donors (Lipinski definition) is 2. The molecule has 1 rings (SSSR count). The van der Waals surface area contributed by atoms with Gasteiger partial charge in [0.15, 0.2) is 0 Å². The number of esters is 1. The van der Waals surface area contributed by atoms with E-state index in [2.05, 4.69) is 5.32 Å². The van der Waals surface area contributed by atoms with Gasteiger partial charge in [0.05, 0.1) is 19.8 Å². The number of ether oxygens (including phenoxy) is 1. The average Bonchev–Trinajstić information content (AvgIpc) is 2.45. The van der Waals surface area contributed by atoms with Crippen LogP contribution in [0.4, 0.5) is 0 Å². The Hall–Kier alpha value is -1.14. The van der Waals surface area contributed by atoms with Crippen molar-refractivity contribution in [2.75, 3.05) is 26.7 Å². The van der Waals surface area contributed by atoms with Crippen LogP contribution in [0.2, 0.25) is 0 Å². The van der Waals surface area contributed by atoms with Crippen molar-refractivity contribution >= 4 is 11.9 Å². The minimum absolute atomic E-state index is 0.0366. The summed E-state index contributed by atoms with van der Waals surface area (Å²) in [5.41, 5.74) is 0. The predicted octanol–water partition coefficient (Wildman–Crippen LogP) is 0.147. The van der Waals surface area contributed by atoms with Crippen molar-refractivity contribution in [1.29, 1.82) is 0 Å². The van der Waals surface area contributed by atoms with Crippen molar-refractivity contribution < 1.29 is 19.4 Å². The molecule has 0 bridgehead atoms. The maximum absolute atomic E-state index is 12.0. The number of methoxy groups -OCH3 is 1. The zero-order valence-electron chi connectivity index (χ0n) is 12.6. The molecule has 0 radical (unpaired) electrons. The van der Waals surface area contributed by atoms with Crippen LogP contribution < -0.4 is 5.32 Å². The molecule has 0 aromatic rings. The lowest BCUT2D eigenvalue weighted by atomic mass is 9.99. The van der Waals surface area contributed by atoms with Gasteiger partial charge in [0.25, 0.3) is 0 Å². The Morgan fingerprint density at radius 3 is 2.50 bits per heavy atom. The second kappa shape index (κ2) is 8.21. The Bertz CT molecular complexity index is 327. The summed E-state index contributed by atoms with van der Waals surface area (Å²) in [5, 5.41) is 12.2. The Morgan fingerprint density at radius 1 is 1.40 bits per heavy atom. The van der Waals surface area contributed by atoms with Crippen molar-refractivity contribution in [3.05, 3.63) is 0 Å². The lowest BCUT2D eigenvalue weighted by Gasteiger charge is -2.29. The van der Waals surface area contributed by atoms with E-state index in [4.69, 9.17) is 4.74 Å². The minimum atomic E-state index is -0.590. The number of carbonyl (C=O) groups is 2. The number of nitrogens with one attached hydrogen (secondary N) is 1. The first-order valence-corrected chi connectivity index (χ1v) is 7.25. The van der Waals surface area contributed by atoms with Gasteiger partial charge in [0.2, 0.25) is 5.91 Å². The fourth-order valence-electron chi connectivity index (χ4n) is 2.30. The number of aliphatic hydroxyl groups excluding tert-OH is 1. The molecule has 1 heterocycles. The lowest BCUT2D eigenvalue weighted by molar-refractivity contribution is -0.146. The van der Waals surface area contributed by atoms with Crippen LogP contribution in [0.5, 0.6) is 0 Å². The number of piperidine rings is 1. The standard InChI is InChI=1S/C14H26N2O4/c1-4-10(2)13(14(19)20-3)15-12(18)9-16-7-5-11(17)6-8-16/h10-11,13,17H,4-9H2,1-3H3,(H,15,18). The molecule has 20 heavy (non-hydrogen) atoms. The molecule has 1 aliphatic rings. The van der Waals surface area contributed by atoms with Gasteiger partial charge in [0, 0.05) is 13.1 Å². The van der Waals surface area contributed by atoms with Crippen molar-refractivity contribution in [2.24, 2.45) is 5.92 Å². The summed E-state index contributed by atoms with van der Waals surface area (Å²) in [4.78, 5) is 25.7. The highest BCUT2D eigenvalue weighted by atomic mass is 16.5. The van der Waals surface area contributed by atoms with Crippen LogP contribution in [0, 0.1) is 5.92 Å². The van der Waals surface area contributed by atoms with E-state index < -0.39 is 12.0 Å². The van der Waals surface area contributed by atoms with Gasteiger partial charge in [-0.15, -0.1) is 0 Å². The van der Waals surface area contributed by atoms with Gasteiger partial charge < -0.3 is 15.2 Å². The van der Waals surface area contributed by atoms with Gasteiger partial charge in [-0.3, -0.25) is 9.69 Å². The van der Waals surface area contributed by atoms with Crippen molar-refractivity contribution in [1.82, 2.24) is 10.2 Å². The maximum atomic E-state index is 12.0. The second-order valence-corrected chi connectivity index (χ2v) is 5.46. The Kier molecular flexibility index (Phi) is 6.95. The van der Waals surface area contributed by atoms with Gasteiger partial charge in [0.1, 0.15) is 6.04 Å². The van der Waals surface area contributed by atoms with E-state index in [0.29, 0.717) is 25.9 Å². The maximum Gasteiger partial charge on any atom is 0.328 e. The highest BCUT2D eigenvalue weighted by Crippen LogP contribution is 2.11. The van der Waals surface area contributed by atoms with E-state index in [1.54, 1.807) is 0 Å². The van der Waals surface area contributed by atoms with Crippen LogP contribution in [-0.2, 0) is 14.3 Å². The predicted molar refractivity (Wildman–Crippen MR) is 75.1 cm³/mol. The Morgan fingerprint density at radius 2 is 2.00 bits per heavy atom. The minimum Gasteiger partial charge on any atom is -0.467 e. The van der Waals surface area contributed by atoms with Gasteiger partial charge in [-0.1, -0.05) is 20.3 Å². The first kappa shape index (κ1) is 16.9. The highest BCUT2D eigenvalue weighted by molar-refractivity contribution is 5.85. The van der Waals surface area contributed by atoms with E-state index >= 15 is 0 Å². The van der Waals surface area contributed by atoms with Crippen LogP contribution >= 0.6 is 0 Å². The molecule has 6 heteroatoms. The van der Waals surface area contributed by atoms with Crippen LogP contribution in [-0.4, -0.2) is 60.8 Å². The summed E-state index contributed by atoms with van der Waals surface area (Å²) < 4.78 is 4.74. The number of likely N-dealkylation sites (tertiary alicyclic amines) is 1. The topological polar surface area (TPSA) is 78.9 Å². The molecule has 1 aliphatic heterocycles. The number of hydrogen-bond acceptors (Lipinski definition) is 5. The third-order valence-electron chi connectivity index (χ3n) is 3.91. The summed E-state index contributed by atoms with van der Waals surface area (Å²) in [6.07, 6.45) is 1.92. The molecule has 2 atom stereocenters. The first-order valence-electron chi connectivity index (χ1n) is 7.25. The molecule has 0 spiro atoms. The SMILES string of the molecule is CCC(C)C(NC(=O)CN1CCC(O)CC1)C(=O)OC. The van der Waals surface area contributed by atoms with Gasteiger partial charge >= 0.3 is 5.97 Å². The van der Waals surface area contributed by atoms with Crippen LogP contribution in [0.1, 0.15) is 33.1 Å². The number of amides is 1. The van der Waals surface area contributed by atoms with E-state index in [1.807, 2.05) is 18.7 Å².